The van der Waals surface area contributed by atoms with Crippen molar-refractivity contribution in [3.05, 3.63) is 35.9 Å². The van der Waals surface area contributed by atoms with E-state index in [9.17, 15) is 23.2 Å². The van der Waals surface area contributed by atoms with E-state index in [4.69, 9.17) is 0 Å². The molecule has 0 saturated carbocycles. The van der Waals surface area contributed by atoms with E-state index in [-0.39, 0.29) is 41.3 Å². The Balaban J connectivity index is 1.37. The highest BCUT2D eigenvalue weighted by Gasteiger charge is 2.63. The van der Waals surface area contributed by atoms with Gasteiger partial charge < -0.3 is 9.80 Å². The predicted octanol–water partition coefficient (Wildman–Crippen LogP) is 4.97. The van der Waals surface area contributed by atoms with Gasteiger partial charge in [0.2, 0.25) is 5.91 Å². The van der Waals surface area contributed by atoms with Crippen LogP contribution in [-0.2, 0) is 9.59 Å². The number of fused-ring (bicyclic) bond motifs is 2. The lowest BCUT2D eigenvalue weighted by Crippen LogP contribution is -2.62. The minimum Gasteiger partial charge on any atom is -0.342 e. The van der Waals surface area contributed by atoms with Crippen molar-refractivity contribution >= 4 is 17.8 Å². The van der Waals surface area contributed by atoms with Crippen molar-refractivity contribution in [1.82, 2.24) is 19.6 Å². The molecule has 0 radical (unpaired) electrons. The first-order chi connectivity index (χ1) is 18.8. The maximum atomic E-state index is 13.6. The third-order valence-electron chi connectivity index (χ3n) is 9.44. The number of halogens is 2. The predicted molar refractivity (Wildman–Crippen MR) is 149 cm³/mol. The summed E-state index contributed by atoms with van der Waals surface area (Å²) in [5.41, 5.74) is 0.111. The Morgan fingerprint density at radius 1 is 1.02 bits per heavy atom. The van der Waals surface area contributed by atoms with E-state index >= 15 is 0 Å². The van der Waals surface area contributed by atoms with Crippen LogP contribution >= 0.6 is 0 Å². The molecule has 1 aromatic carbocycles. The summed E-state index contributed by atoms with van der Waals surface area (Å²) < 4.78 is 26.7. The van der Waals surface area contributed by atoms with Crippen molar-refractivity contribution in [2.45, 2.75) is 103 Å². The van der Waals surface area contributed by atoms with Crippen LogP contribution in [-0.4, -0.2) is 93.7 Å². The minimum absolute atomic E-state index is 0.0799. The fraction of sp³-hybridized carbons (Fsp3) is 0.710. The molecule has 0 aliphatic carbocycles. The van der Waals surface area contributed by atoms with Gasteiger partial charge in [0.05, 0.1) is 6.54 Å². The third-order valence-corrected chi connectivity index (χ3v) is 9.44. The molecule has 1 aromatic rings. The number of nitrogens with zero attached hydrogens (tertiary/aromatic N) is 4. The summed E-state index contributed by atoms with van der Waals surface area (Å²) in [4.78, 5) is 47.0. The first-order valence-electron chi connectivity index (χ1n) is 14.8. The molecule has 4 fully saturated rings. The Hall–Kier alpha value is -2.55. The molecule has 4 heterocycles. The quantitative estimate of drug-likeness (QED) is 0.444. The molecular formula is C31H44F2N4O3. The Morgan fingerprint density at radius 2 is 1.65 bits per heavy atom. The normalized spacial score (nSPS) is 31.1. The summed E-state index contributed by atoms with van der Waals surface area (Å²) in [5.74, 6) is 0.216. The van der Waals surface area contributed by atoms with Crippen molar-refractivity contribution in [3.8, 4) is 0 Å². The molecular weight excluding hydrogens is 514 g/mol. The van der Waals surface area contributed by atoms with Crippen molar-refractivity contribution in [2.24, 2.45) is 11.3 Å². The number of carbonyl (C=O) groups is 3. The molecule has 3 unspecified atom stereocenters. The maximum Gasteiger partial charge on any atom is 0.328 e. The zero-order chi connectivity index (χ0) is 29.0. The zero-order valence-corrected chi connectivity index (χ0v) is 24.5. The number of carbonyl (C=O) groups excluding carboxylic acids is 3. The number of benzene rings is 1. The number of imide groups is 1. The van der Waals surface area contributed by atoms with Crippen molar-refractivity contribution in [3.63, 3.8) is 0 Å². The molecule has 2 bridgehead atoms. The van der Waals surface area contributed by atoms with Gasteiger partial charge in [0.1, 0.15) is 5.54 Å². The molecule has 4 saturated heterocycles. The van der Waals surface area contributed by atoms with Crippen LogP contribution in [0, 0.1) is 11.3 Å². The molecule has 40 heavy (non-hydrogen) atoms. The Labute approximate surface area is 236 Å². The summed E-state index contributed by atoms with van der Waals surface area (Å²) in [5, 5.41) is 0. The molecule has 5 rings (SSSR count). The van der Waals surface area contributed by atoms with Gasteiger partial charge in [-0.25, -0.2) is 13.6 Å². The number of urea groups is 1. The molecule has 4 atom stereocenters. The van der Waals surface area contributed by atoms with Crippen LogP contribution in [0.2, 0.25) is 0 Å². The number of rotatable bonds is 7. The lowest BCUT2D eigenvalue weighted by molar-refractivity contribution is -0.139. The van der Waals surface area contributed by atoms with Crippen LogP contribution in [0.3, 0.4) is 0 Å². The Bertz CT molecular complexity index is 1110. The second-order valence-corrected chi connectivity index (χ2v) is 13.9. The van der Waals surface area contributed by atoms with E-state index < -0.39 is 30.4 Å². The summed E-state index contributed by atoms with van der Waals surface area (Å²) in [6.45, 7) is 11.4. The Morgan fingerprint density at radius 3 is 2.20 bits per heavy atom. The van der Waals surface area contributed by atoms with E-state index in [2.05, 4.69) is 49.9 Å². The average molecular weight is 559 g/mol. The molecule has 0 N–H and O–H groups in total. The van der Waals surface area contributed by atoms with Gasteiger partial charge in [0, 0.05) is 50.1 Å². The van der Waals surface area contributed by atoms with Crippen molar-refractivity contribution < 1.29 is 23.2 Å². The first-order valence-corrected chi connectivity index (χ1v) is 14.8. The van der Waals surface area contributed by atoms with E-state index in [0.29, 0.717) is 32.4 Å². The SMILES string of the molecule is CC(C)N1C(=O)N(CC(F)F)C(=O)C12CC1CCC(C2)N1CC1CN(C(=O)CC(C)(C)C)C[C@@H]1c1ccccc1. The lowest BCUT2D eigenvalue weighted by Gasteiger charge is -2.48. The van der Waals surface area contributed by atoms with Gasteiger partial charge in [-0.3, -0.25) is 19.4 Å². The van der Waals surface area contributed by atoms with Gasteiger partial charge in [0.25, 0.3) is 12.3 Å². The van der Waals surface area contributed by atoms with Gasteiger partial charge in [-0.1, -0.05) is 51.1 Å². The van der Waals surface area contributed by atoms with Gasteiger partial charge in [-0.05, 0) is 56.4 Å². The zero-order valence-electron chi connectivity index (χ0n) is 24.5. The number of amides is 4. The minimum atomic E-state index is -2.75. The number of hydrogen-bond donors (Lipinski definition) is 0. The van der Waals surface area contributed by atoms with E-state index in [1.54, 1.807) is 4.90 Å². The molecule has 220 valence electrons. The molecule has 4 aliphatic rings. The second kappa shape index (κ2) is 10.7. The Kier molecular flexibility index (Phi) is 7.74. The van der Waals surface area contributed by atoms with E-state index in [1.165, 1.54) is 5.56 Å². The van der Waals surface area contributed by atoms with Gasteiger partial charge in [-0.15, -0.1) is 0 Å². The summed E-state index contributed by atoms with van der Waals surface area (Å²) in [6, 6.07) is 9.76. The van der Waals surface area contributed by atoms with Crippen LogP contribution in [0.25, 0.3) is 0 Å². The first kappa shape index (κ1) is 29.0. The molecule has 4 amide bonds. The summed E-state index contributed by atoms with van der Waals surface area (Å²) >= 11 is 0. The largest absolute Gasteiger partial charge is 0.342 e. The molecule has 0 aromatic heterocycles. The number of alkyl halides is 2. The summed E-state index contributed by atoms with van der Waals surface area (Å²) in [7, 11) is 0. The van der Waals surface area contributed by atoms with Gasteiger partial charge in [0.15, 0.2) is 0 Å². The fourth-order valence-electron chi connectivity index (χ4n) is 7.93. The lowest BCUT2D eigenvalue weighted by atomic mass is 9.79. The average Bonchev–Trinajstić information content (AvgIpc) is 3.45. The topological polar surface area (TPSA) is 64.2 Å². The highest BCUT2D eigenvalue weighted by molar-refractivity contribution is 6.07. The van der Waals surface area contributed by atoms with E-state index in [1.807, 2.05) is 24.8 Å². The van der Waals surface area contributed by atoms with Crippen LogP contribution in [0.15, 0.2) is 30.3 Å². The highest BCUT2D eigenvalue weighted by Crippen LogP contribution is 2.49. The van der Waals surface area contributed by atoms with Gasteiger partial charge >= 0.3 is 6.03 Å². The molecule has 9 heteroatoms. The highest BCUT2D eigenvalue weighted by atomic mass is 19.3. The van der Waals surface area contributed by atoms with Gasteiger partial charge in [-0.2, -0.15) is 0 Å². The number of hydrogen-bond acceptors (Lipinski definition) is 4. The molecule has 4 aliphatic heterocycles. The second-order valence-electron chi connectivity index (χ2n) is 13.9. The number of likely N-dealkylation sites (tertiary alicyclic amines) is 1. The van der Waals surface area contributed by atoms with Crippen LogP contribution < -0.4 is 0 Å². The van der Waals surface area contributed by atoms with Crippen molar-refractivity contribution in [1.29, 1.82) is 0 Å². The number of piperidine rings is 1. The third kappa shape index (κ3) is 5.26. The van der Waals surface area contributed by atoms with E-state index in [0.717, 1.165) is 24.3 Å². The monoisotopic (exact) mass is 558 g/mol. The molecule has 7 nitrogen and oxygen atoms in total. The van der Waals surface area contributed by atoms with Crippen LogP contribution in [0.1, 0.15) is 78.2 Å². The molecule has 1 spiro atoms. The maximum absolute atomic E-state index is 13.6. The smallest absolute Gasteiger partial charge is 0.328 e. The fourth-order valence-corrected chi connectivity index (χ4v) is 7.93. The standard InChI is InChI=1S/C31H44F2N4O3/c1-20(2)37-29(40)36(19-26(32)33)28(39)31(37)13-23-11-12-24(14-31)35(23)17-22-16-34(27(38)15-30(3,4)5)18-25(22)21-9-7-6-8-10-21/h6-10,20,22-26H,11-19H2,1-5H3/t22?,23?,24?,25-,31?/m1/s1. The summed E-state index contributed by atoms with van der Waals surface area (Å²) in [6.07, 6.45) is 0.543. The van der Waals surface area contributed by atoms with Crippen LogP contribution in [0.5, 0.6) is 0 Å². The van der Waals surface area contributed by atoms with Crippen molar-refractivity contribution in [2.75, 3.05) is 26.2 Å². The van der Waals surface area contributed by atoms with Crippen LogP contribution in [0.4, 0.5) is 13.6 Å².